The highest BCUT2D eigenvalue weighted by atomic mass is 79.9. The first kappa shape index (κ1) is 13.9. The number of phenolic OH excluding ortho intramolecular Hbond substituents is 2. The molecule has 0 radical (unpaired) electrons. The van der Waals surface area contributed by atoms with Crippen LogP contribution in [0.1, 0.15) is 15.9 Å². The second-order valence-corrected chi connectivity index (χ2v) is 4.84. The second-order valence-electron chi connectivity index (χ2n) is 3.93. The summed E-state index contributed by atoms with van der Waals surface area (Å²) in [7, 11) is 0. The van der Waals surface area contributed by atoms with Crippen LogP contribution in [0, 0.1) is 11.3 Å². The van der Waals surface area contributed by atoms with Gasteiger partial charge in [0, 0.05) is 4.47 Å². The van der Waals surface area contributed by atoms with Gasteiger partial charge in [-0.2, -0.15) is 5.26 Å². The summed E-state index contributed by atoms with van der Waals surface area (Å²) in [5, 5.41) is 30.5. The van der Waals surface area contributed by atoms with Crippen molar-refractivity contribution in [3.63, 3.8) is 0 Å². The second kappa shape index (κ2) is 5.63. The van der Waals surface area contributed by atoms with Crippen LogP contribution in [0.5, 0.6) is 11.5 Å². The number of phenols is 2. The summed E-state index contributed by atoms with van der Waals surface area (Å²) in [6.45, 7) is 0. The minimum Gasteiger partial charge on any atom is -0.504 e. The third-order valence-corrected chi connectivity index (χ3v) is 3.10. The van der Waals surface area contributed by atoms with Gasteiger partial charge in [0.2, 0.25) is 0 Å². The Labute approximate surface area is 123 Å². The van der Waals surface area contributed by atoms with Gasteiger partial charge in [-0.3, -0.25) is 4.79 Å². The molecule has 0 unspecified atom stereocenters. The summed E-state index contributed by atoms with van der Waals surface area (Å²) >= 11 is 3.25. The maximum atomic E-state index is 12.1. The molecule has 1 amide bonds. The molecule has 3 N–H and O–H groups in total. The fraction of sp³-hybridized carbons (Fsp3) is 0. The zero-order valence-corrected chi connectivity index (χ0v) is 11.7. The zero-order chi connectivity index (χ0) is 14.7. The van der Waals surface area contributed by atoms with Crippen molar-refractivity contribution < 1.29 is 15.0 Å². The number of halogens is 1. The lowest BCUT2D eigenvalue weighted by atomic mass is 10.1. The molecule has 0 aromatic heterocycles. The van der Waals surface area contributed by atoms with Crippen LogP contribution in [0.3, 0.4) is 0 Å². The van der Waals surface area contributed by atoms with Crippen molar-refractivity contribution in [2.24, 2.45) is 0 Å². The fourth-order valence-electron chi connectivity index (χ4n) is 1.62. The van der Waals surface area contributed by atoms with Crippen molar-refractivity contribution in [3.05, 3.63) is 52.0 Å². The van der Waals surface area contributed by atoms with Gasteiger partial charge < -0.3 is 15.5 Å². The number of nitrogens with zero attached hydrogens (tertiary/aromatic N) is 1. The van der Waals surface area contributed by atoms with Crippen molar-refractivity contribution in [3.8, 4) is 17.6 Å². The summed E-state index contributed by atoms with van der Waals surface area (Å²) in [6.07, 6.45) is 0. The van der Waals surface area contributed by atoms with Crippen molar-refractivity contribution in [1.82, 2.24) is 0 Å². The number of anilines is 1. The van der Waals surface area contributed by atoms with Crippen LogP contribution in [0.25, 0.3) is 0 Å². The lowest BCUT2D eigenvalue weighted by Crippen LogP contribution is -2.13. The van der Waals surface area contributed by atoms with Crippen molar-refractivity contribution in [2.75, 3.05) is 5.32 Å². The Hall–Kier alpha value is -2.52. The van der Waals surface area contributed by atoms with E-state index in [0.717, 1.165) is 0 Å². The number of para-hydroxylation sites is 1. The van der Waals surface area contributed by atoms with Crippen LogP contribution in [-0.2, 0) is 0 Å². The third-order valence-electron chi connectivity index (χ3n) is 2.61. The highest BCUT2D eigenvalue weighted by Crippen LogP contribution is 2.29. The largest absolute Gasteiger partial charge is 0.504 e. The molecule has 0 saturated heterocycles. The molecule has 0 spiro atoms. The number of nitriles is 1. The summed E-state index contributed by atoms with van der Waals surface area (Å²) in [6, 6.07) is 10.9. The number of hydrogen-bond donors (Lipinski definition) is 3. The topological polar surface area (TPSA) is 93.4 Å². The molecular formula is C14H9BrN2O3. The van der Waals surface area contributed by atoms with E-state index in [0.29, 0.717) is 15.7 Å². The Balaban J connectivity index is 2.35. The minimum atomic E-state index is -0.618. The van der Waals surface area contributed by atoms with Gasteiger partial charge in [0.15, 0.2) is 11.5 Å². The monoisotopic (exact) mass is 332 g/mol. The van der Waals surface area contributed by atoms with Gasteiger partial charge in [-0.05, 0) is 30.3 Å². The average molecular weight is 333 g/mol. The van der Waals surface area contributed by atoms with E-state index in [4.69, 9.17) is 5.26 Å². The summed E-state index contributed by atoms with van der Waals surface area (Å²) in [4.78, 5) is 12.1. The summed E-state index contributed by atoms with van der Waals surface area (Å²) < 4.78 is 0.701. The number of benzene rings is 2. The molecule has 2 rings (SSSR count). The van der Waals surface area contributed by atoms with E-state index in [2.05, 4.69) is 21.2 Å². The predicted octanol–water partition coefficient (Wildman–Crippen LogP) is 2.98. The molecule has 0 bridgehead atoms. The minimum absolute atomic E-state index is 0.0751. The Morgan fingerprint density at radius 1 is 1.25 bits per heavy atom. The summed E-state index contributed by atoms with van der Waals surface area (Å²) in [5.41, 5.74) is 0.532. The highest BCUT2D eigenvalue weighted by Gasteiger charge is 2.15. The first-order valence-corrected chi connectivity index (χ1v) is 6.34. The molecule has 0 saturated carbocycles. The SMILES string of the molecule is N#Cc1ccc(Br)cc1NC(=O)c1cccc(O)c1O. The third kappa shape index (κ3) is 2.73. The van der Waals surface area contributed by atoms with E-state index in [1.54, 1.807) is 18.2 Å². The smallest absolute Gasteiger partial charge is 0.259 e. The van der Waals surface area contributed by atoms with Gasteiger partial charge in [-0.15, -0.1) is 0 Å². The van der Waals surface area contributed by atoms with Crippen molar-refractivity contribution in [1.29, 1.82) is 5.26 Å². The Bertz CT molecular complexity index is 723. The van der Waals surface area contributed by atoms with E-state index >= 15 is 0 Å². The average Bonchev–Trinajstić information content (AvgIpc) is 2.42. The molecule has 5 nitrogen and oxygen atoms in total. The molecule has 20 heavy (non-hydrogen) atoms. The van der Waals surface area contributed by atoms with Crippen LogP contribution in [0.2, 0.25) is 0 Å². The predicted molar refractivity (Wildman–Crippen MR) is 76.6 cm³/mol. The standard InChI is InChI=1S/C14H9BrN2O3/c15-9-5-4-8(7-16)11(6-9)17-14(20)10-2-1-3-12(18)13(10)19/h1-6,18-19H,(H,17,20). The quantitative estimate of drug-likeness (QED) is 0.737. The highest BCUT2D eigenvalue weighted by molar-refractivity contribution is 9.10. The van der Waals surface area contributed by atoms with Crippen LogP contribution in [0.15, 0.2) is 40.9 Å². The van der Waals surface area contributed by atoms with E-state index in [1.807, 2.05) is 6.07 Å². The molecule has 0 heterocycles. The number of nitrogens with one attached hydrogen (secondary N) is 1. The number of hydrogen-bond acceptors (Lipinski definition) is 4. The maximum absolute atomic E-state index is 12.1. The molecule has 100 valence electrons. The molecular weight excluding hydrogens is 324 g/mol. The molecule has 0 aliphatic heterocycles. The van der Waals surface area contributed by atoms with Crippen molar-refractivity contribution >= 4 is 27.5 Å². The first-order chi connectivity index (χ1) is 9.52. The van der Waals surface area contributed by atoms with Gasteiger partial charge in [0.25, 0.3) is 5.91 Å². The first-order valence-electron chi connectivity index (χ1n) is 5.55. The summed E-state index contributed by atoms with van der Waals surface area (Å²) in [5.74, 6) is -1.50. The van der Waals surface area contributed by atoms with E-state index in [9.17, 15) is 15.0 Å². The zero-order valence-electron chi connectivity index (χ0n) is 10.1. The number of amides is 1. The van der Waals surface area contributed by atoms with Gasteiger partial charge in [-0.25, -0.2) is 0 Å². The number of rotatable bonds is 2. The van der Waals surface area contributed by atoms with E-state index in [-0.39, 0.29) is 11.3 Å². The van der Waals surface area contributed by atoms with Crippen molar-refractivity contribution in [2.45, 2.75) is 0 Å². The van der Waals surface area contributed by atoms with Gasteiger partial charge in [0.1, 0.15) is 6.07 Å². The van der Waals surface area contributed by atoms with Crippen LogP contribution in [0.4, 0.5) is 5.69 Å². The molecule has 0 aliphatic rings. The lowest BCUT2D eigenvalue weighted by Gasteiger charge is -2.09. The van der Waals surface area contributed by atoms with Crippen LogP contribution < -0.4 is 5.32 Å². The van der Waals surface area contributed by atoms with Crippen LogP contribution in [-0.4, -0.2) is 16.1 Å². The Morgan fingerprint density at radius 2 is 2.00 bits per heavy atom. The lowest BCUT2D eigenvalue weighted by molar-refractivity contribution is 0.102. The number of aromatic hydroxyl groups is 2. The molecule has 2 aromatic carbocycles. The molecule has 0 fully saturated rings. The Morgan fingerprint density at radius 3 is 2.70 bits per heavy atom. The van der Waals surface area contributed by atoms with Gasteiger partial charge in [-0.1, -0.05) is 22.0 Å². The Kier molecular flexibility index (Phi) is 3.91. The van der Waals surface area contributed by atoms with E-state index < -0.39 is 11.7 Å². The molecule has 6 heteroatoms. The molecule has 0 aliphatic carbocycles. The number of carbonyl (C=O) groups excluding carboxylic acids is 1. The number of carbonyl (C=O) groups is 1. The van der Waals surface area contributed by atoms with Gasteiger partial charge in [0.05, 0.1) is 16.8 Å². The van der Waals surface area contributed by atoms with Crippen LogP contribution >= 0.6 is 15.9 Å². The van der Waals surface area contributed by atoms with Gasteiger partial charge >= 0.3 is 0 Å². The molecule has 2 aromatic rings. The van der Waals surface area contributed by atoms with E-state index in [1.165, 1.54) is 18.2 Å². The molecule has 0 atom stereocenters. The maximum Gasteiger partial charge on any atom is 0.259 e. The normalized spacial score (nSPS) is 9.80. The fourth-order valence-corrected chi connectivity index (χ4v) is 1.98.